The zero-order valence-electron chi connectivity index (χ0n) is 17.7. The second-order valence-electron chi connectivity index (χ2n) is 9.16. The molecule has 2 heterocycles. The van der Waals surface area contributed by atoms with Crippen molar-refractivity contribution in [3.63, 3.8) is 0 Å². The first-order valence-corrected chi connectivity index (χ1v) is 11.8. The standard InChI is InChI=1S/C24H30N2O2S/c1-17-23(21-7-5-6-8-22(21)25-17)18-13-15-26(16-14-18)29(27,28)20-11-9-19(10-12-20)24(2,3)4/h5-12,18,25H,13-16H2,1-4H3. The van der Waals surface area contributed by atoms with Crippen LogP contribution in [0.1, 0.15) is 56.4 Å². The van der Waals surface area contributed by atoms with Gasteiger partial charge in [0.2, 0.25) is 10.0 Å². The van der Waals surface area contributed by atoms with Gasteiger partial charge in [-0.2, -0.15) is 4.31 Å². The largest absolute Gasteiger partial charge is 0.358 e. The number of piperidine rings is 1. The maximum absolute atomic E-state index is 13.1. The fourth-order valence-corrected chi connectivity index (χ4v) is 5.95. The summed E-state index contributed by atoms with van der Waals surface area (Å²) < 4.78 is 27.9. The lowest BCUT2D eigenvalue weighted by Gasteiger charge is -2.31. The van der Waals surface area contributed by atoms with Crippen LogP contribution in [-0.4, -0.2) is 30.8 Å². The predicted octanol–water partition coefficient (Wildman–Crippen LogP) is 5.34. The van der Waals surface area contributed by atoms with E-state index in [2.05, 4.69) is 50.9 Å². The summed E-state index contributed by atoms with van der Waals surface area (Å²) in [5.74, 6) is 0.390. The Balaban J connectivity index is 1.52. The summed E-state index contributed by atoms with van der Waals surface area (Å²) in [5.41, 5.74) is 4.87. The van der Waals surface area contributed by atoms with Gasteiger partial charge in [0.15, 0.2) is 0 Å². The first kappa shape index (κ1) is 20.2. The van der Waals surface area contributed by atoms with Gasteiger partial charge in [0.25, 0.3) is 0 Å². The molecule has 0 atom stereocenters. The van der Waals surface area contributed by atoms with E-state index in [1.165, 1.54) is 16.6 Å². The number of nitrogens with one attached hydrogen (secondary N) is 1. The number of hydrogen-bond donors (Lipinski definition) is 1. The average molecular weight is 411 g/mol. The SMILES string of the molecule is Cc1[nH]c2ccccc2c1C1CCN(S(=O)(=O)c2ccc(C(C)(C)C)cc2)CC1. The Morgan fingerprint density at radius 3 is 2.21 bits per heavy atom. The molecule has 0 spiro atoms. The summed E-state index contributed by atoms with van der Waals surface area (Å²) >= 11 is 0. The maximum atomic E-state index is 13.1. The molecule has 0 bridgehead atoms. The van der Waals surface area contributed by atoms with Crippen LogP contribution in [0.15, 0.2) is 53.4 Å². The van der Waals surface area contributed by atoms with E-state index in [9.17, 15) is 8.42 Å². The summed E-state index contributed by atoms with van der Waals surface area (Å²) in [6.07, 6.45) is 1.70. The summed E-state index contributed by atoms with van der Waals surface area (Å²) in [5, 5.41) is 1.27. The molecule has 2 aromatic carbocycles. The first-order chi connectivity index (χ1) is 13.7. The van der Waals surface area contributed by atoms with Crippen molar-refractivity contribution in [3.05, 3.63) is 65.4 Å². The molecule has 0 radical (unpaired) electrons. The molecule has 1 fully saturated rings. The Labute approximate surface area is 174 Å². The van der Waals surface area contributed by atoms with E-state index >= 15 is 0 Å². The van der Waals surface area contributed by atoms with E-state index in [-0.39, 0.29) is 5.41 Å². The van der Waals surface area contributed by atoms with Crippen molar-refractivity contribution in [3.8, 4) is 0 Å². The fourth-order valence-electron chi connectivity index (χ4n) is 4.49. The number of nitrogens with zero attached hydrogens (tertiary/aromatic N) is 1. The van der Waals surface area contributed by atoms with E-state index < -0.39 is 10.0 Å². The molecule has 0 unspecified atom stereocenters. The normalized spacial score (nSPS) is 17.1. The number of H-pyrrole nitrogens is 1. The van der Waals surface area contributed by atoms with Crippen LogP contribution in [0.3, 0.4) is 0 Å². The Morgan fingerprint density at radius 1 is 0.966 bits per heavy atom. The Hall–Kier alpha value is -2.11. The minimum absolute atomic E-state index is 0.0117. The predicted molar refractivity (Wildman–Crippen MR) is 119 cm³/mol. The van der Waals surface area contributed by atoms with Crippen molar-refractivity contribution in [1.82, 2.24) is 9.29 Å². The molecule has 3 aromatic rings. The summed E-state index contributed by atoms with van der Waals surface area (Å²) in [4.78, 5) is 3.87. The van der Waals surface area contributed by atoms with Gasteiger partial charge in [-0.25, -0.2) is 8.42 Å². The summed E-state index contributed by atoms with van der Waals surface area (Å²) in [6, 6.07) is 15.8. The molecule has 1 aliphatic heterocycles. The third kappa shape index (κ3) is 3.74. The molecule has 1 aromatic heterocycles. The van der Waals surface area contributed by atoms with Crippen molar-refractivity contribution in [2.24, 2.45) is 0 Å². The summed E-state index contributed by atoms with van der Waals surface area (Å²) in [7, 11) is -3.44. The van der Waals surface area contributed by atoms with Crippen molar-refractivity contribution in [2.45, 2.75) is 56.8 Å². The van der Waals surface area contributed by atoms with Crippen LogP contribution in [0.4, 0.5) is 0 Å². The van der Waals surface area contributed by atoms with E-state index in [0.29, 0.717) is 23.9 Å². The van der Waals surface area contributed by atoms with Gasteiger partial charge in [-0.15, -0.1) is 0 Å². The average Bonchev–Trinajstić information content (AvgIpc) is 3.03. The Kier molecular flexibility index (Phi) is 5.07. The van der Waals surface area contributed by atoms with Gasteiger partial charge in [0.1, 0.15) is 0 Å². The number of aromatic amines is 1. The molecule has 29 heavy (non-hydrogen) atoms. The van der Waals surface area contributed by atoms with Crippen LogP contribution >= 0.6 is 0 Å². The number of aryl methyl sites for hydroxylation is 1. The molecule has 1 saturated heterocycles. The van der Waals surface area contributed by atoms with Gasteiger partial charge in [-0.3, -0.25) is 0 Å². The highest BCUT2D eigenvalue weighted by atomic mass is 32.2. The number of fused-ring (bicyclic) bond motifs is 1. The molecule has 1 aliphatic rings. The van der Waals surface area contributed by atoms with Gasteiger partial charge in [0.05, 0.1) is 4.90 Å². The topological polar surface area (TPSA) is 53.2 Å². The smallest absolute Gasteiger partial charge is 0.243 e. The molecule has 1 N–H and O–H groups in total. The monoisotopic (exact) mass is 410 g/mol. The molecule has 0 saturated carbocycles. The van der Waals surface area contributed by atoms with Gasteiger partial charge < -0.3 is 4.98 Å². The van der Waals surface area contributed by atoms with Gasteiger partial charge in [-0.05, 0) is 60.4 Å². The van der Waals surface area contributed by atoms with Crippen molar-refractivity contribution in [2.75, 3.05) is 13.1 Å². The molecule has 4 rings (SSSR count). The highest BCUT2D eigenvalue weighted by Gasteiger charge is 2.31. The number of rotatable bonds is 3. The lowest BCUT2D eigenvalue weighted by atomic mass is 9.87. The molecule has 0 amide bonds. The van der Waals surface area contributed by atoms with Crippen LogP contribution < -0.4 is 0 Å². The number of hydrogen-bond acceptors (Lipinski definition) is 2. The molecule has 154 valence electrons. The van der Waals surface area contributed by atoms with Crippen molar-refractivity contribution < 1.29 is 8.42 Å². The van der Waals surface area contributed by atoms with Crippen molar-refractivity contribution >= 4 is 20.9 Å². The number of para-hydroxylation sites is 1. The third-order valence-electron chi connectivity index (χ3n) is 6.16. The molecule has 0 aliphatic carbocycles. The van der Waals surface area contributed by atoms with Gasteiger partial charge in [0, 0.05) is 29.7 Å². The number of sulfonamides is 1. The molecular formula is C24H30N2O2S. The highest BCUT2D eigenvalue weighted by molar-refractivity contribution is 7.89. The lowest BCUT2D eigenvalue weighted by molar-refractivity contribution is 0.320. The number of aromatic nitrogens is 1. The van der Waals surface area contributed by atoms with Crippen LogP contribution in [0.5, 0.6) is 0 Å². The van der Waals surface area contributed by atoms with E-state index in [1.54, 1.807) is 16.4 Å². The van der Waals surface area contributed by atoms with E-state index in [4.69, 9.17) is 0 Å². The maximum Gasteiger partial charge on any atom is 0.243 e. The zero-order valence-corrected chi connectivity index (χ0v) is 18.5. The summed E-state index contributed by atoms with van der Waals surface area (Å²) in [6.45, 7) is 9.64. The Bertz CT molecular complexity index is 1110. The Morgan fingerprint density at radius 2 is 1.59 bits per heavy atom. The van der Waals surface area contributed by atoms with Crippen LogP contribution in [0, 0.1) is 6.92 Å². The minimum Gasteiger partial charge on any atom is -0.358 e. The molecule has 5 heteroatoms. The second-order valence-corrected chi connectivity index (χ2v) is 11.1. The first-order valence-electron chi connectivity index (χ1n) is 10.4. The van der Waals surface area contributed by atoms with Crippen LogP contribution in [0.25, 0.3) is 10.9 Å². The highest BCUT2D eigenvalue weighted by Crippen LogP contribution is 2.37. The number of benzene rings is 2. The lowest BCUT2D eigenvalue weighted by Crippen LogP contribution is -2.38. The minimum atomic E-state index is -3.44. The zero-order chi connectivity index (χ0) is 20.8. The quantitative estimate of drug-likeness (QED) is 0.633. The van der Waals surface area contributed by atoms with Gasteiger partial charge >= 0.3 is 0 Å². The van der Waals surface area contributed by atoms with E-state index in [1.807, 2.05) is 18.2 Å². The molecular weight excluding hydrogens is 380 g/mol. The van der Waals surface area contributed by atoms with Gasteiger partial charge in [-0.1, -0.05) is 51.1 Å². The van der Waals surface area contributed by atoms with Crippen LogP contribution in [-0.2, 0) is 15.4 Å². The van der Waals surface area contributed by atoms with Crippen LogP contribution in [0.2, 0.25) is 0 Å². The second kappa shape index (κ2) is 7.29. The van der Waals surface area contributed by atoms with E-state index in [0.717, 1.165) is 23.9 Å². The third-order valence-corrected chi connectivity index (χ3v) is 8.08. The molecule has 4 nitrogen and oxygen atoms in total. The van der Waals surface area contributed by atoms with Crippen molar-refractivity contribution in [1.29, 1.82) is 0 Å². The fraction of sp³-hybridized carbons (Fsp3) is 0.417.